The maximum Gasteiger partial charge on any atom is 0.409 e. The van der Waals surface area contributed by atoms with Crippen LogP contribution in [0.4, 0.5) is 30.7 Å². The molecule has 2 aromatic carbocycles. The molecule has 14 heteroatoms. The molecule has 1 atom stereocenters. The molecule has 1 aliphatic carbocycles. The van der Waals surface area contributed by atoms with E-state index in [1.807, 2.05) is 0 Å². The molecule has 1 saturated carbocycles. The van der Waals surface area contributed by atoms with Gasteiger partial charge in [-0.1, -0.05) is 41.8 Å². The van der Waals surface area contributed by atoms with Crippen LogP contribution in [0.5, 0.6) is 0 Å². The van der Waals surface area contributed by atoms with Crippen molar-refractivity contribution in [3.05, 3.63) is 68.4 Å². The highest BCUT2D eigenvalue weighted by Crippen LogP contribution is 2.58. The zero-order chi connectivity index (χ0) is 28.9. The van der Waals surface area contributed by atoms with Crippen LogP contribution in [0.15, 0.2) is 34.7 Å². The largest absolute Gasteiger partial charge is 0.409 e. The van der Waals surface area contributed by atoms with Crippen LogP contribution in [0.3, 0.4) is 0 Å². The highest BCUT2D eigenvalue weighted by atomic mass is 35.5. The third-order valence-corrected chi connectivity index (χ3v) is 10.2. The fraction of sp³-hybridized carbons (Fsp3) is 0.462. The Balaban J connectivity index is 1.23. The van der Waals surface area contributed by atoms with Crippen LogP contribution in [-0.2, 0) is 26.5 Å². The lowest BCUT2D eigenvalue weighted by Gasteiger charge is -2.52. The third-order valence-electron chi connectivity index (χ3n) is 8.41. The summed E-state index contributed by atoms with van der Waals surface area (Å²) in [4.78, 5) is 13.9. The number of benzene rings is 2. The molecule has 4 aliphatic rings. The van der Waals surface area contributed by atoms with Crippen LogP contribution in [0.25, 0.3) is 0 Å². The Morgan fingerprint density at radius 2 is 1.65 bits per heavy atom. The SMILES string of the molecule is O=C(N1CC2(C1)OCc1cc(C3=NS[C@@](c4cc(Cl)c(F)c(Cl)c4)(C(F)(F)F)C3)ccc12)C1(C(F)(F)F)CCC1. The van der Waals surface area contributed by atoms with Crippen molar-refractivity contribution < 1.29 is 40.3 Å². The number of carbonyl (C=O) groups is 1. The van der Waals surface area contributed by atoms with E-state index in [-0.39, 0.29) is 43.8 Å². The standard InChI is InChI=1S/C26H19Cl2F7N2O2S/c27-17-7-15(8-18(28)20(17)29)24(26(33,34)35)9-19(36-40-24)13-2-3-16-14(6-13)10-39-23(16)11-37(12-23)21(38)22(4-1-5-22)25(30,31)32/h2-3,6-8H,1,4-5,9-12H2/t24-/m0/s1. The fourth-order valence-corrected chi connectivity index (χ4v) is 7.36. The van der Waals surface area contributed by atoms with Gasteiger partial charge in [-0.25, -0.2) is 8.79 Å². The zero-order valence-corrected chi connectivity index (χ0v) is 22.7. The number of fused-ring (bicyclic) bond motifs is 2. The molecule has 0 bridgehead atoms. The predicted molar refractivity (Wildman–Crippen MR) is 135 cm³/mol. The topological polar surface area (TPSA) is 41.9 Å². The molecule has 0 radical (unpaired) electrons. The molecule has 0 unspecified atom stereocenters. The van der Waals surface area contributed by atoms with E-state index in [9.17, 15) is 35.5 Å². The minimum atomic E-state index is -4.78. The van der Waals surface area contributed by atoms with E-state index in [1.165, 1.54) is 4.90 Å². The van der Waals surface area contributed by atoms with Crippen LogP contribution in [0.2, 0.25) is 10.0 Å². The smallest absolute Gasteiger partial charge is 0.362 e. The highest BCUT2D eigenvalue weighted by molar-refractivity contribution is 7.99. The first-order valence-electron chi connectivity index (χ1n) is 12.2. The number of halogens is 9. The number of carbonyl (C=O) groups excluding carboxylic acids is 1. The first-order chi connectivity index (χ1) is 18.6. The van der Waals surface area contributed by atoms with E-state index in [1.54, 1.807) is 18.2 Å². The molecule has 1 spiro atoms. The second kappa shape index (κ2) is 8.99. The van der Waals surface area contributed by atoms with Gasteiger partial charge in [-0.05, 0) is 65.2 Å². The van der Waals surface area contributed by atoms with Crippen molar-refractivity contribution in [2.45, 2.75) is 55.0 Å². The van der Waals surface area contributed by atoms with Gasteiger partial charge < -0.3 is 9.64 Å². The number of amides is 1. The number of nitrogens with zero attached hydrogens (tertiary/aromatic N) is 2. The highest BCUT2D eigenvalue weighted by Gasteiger charge is 2.67. The van der Waals surface area contributed by atoms with Gasteiger partial charge in [0, 0.05) is 6.42 Å². The summed E-state index contributed by atoms with van der Waals surface area (Å²) in [6.07, 6.45) is -10.1. The summed E-state index contributed by atoms with van der Waals surface area (Å²) < 4.78 is 106. The Bertz CT molecular complexity index is 1430. The molecule has 2 fully saturated rings. The number of rotatable bonds is 3. The Morgan fingerprint density at radius 1 is 1.00 bits per heavy atom. The Kier molecular flexibility index (Phi) is 6.32. The zero-order valence-electron chi connectivity index (χ0n) is 20.4. The second-order valence-corrected chi connectivity index (χ2v) is 12.5. The van der Waals surface area contributed by atoms with Crippen molar-refractivity contribution in [2.75, 3.05) is 13.1 Å². The molecule has 1 amide bonds. The molecule has 1 saturated heterocycles. The predicted octanol–water partition coefficient (Wildman–Crippen LogP) is 7.73. The van der Waals surface area contributed by atoms with Crippen molar-refractivity contribution >= 4 is 46.8 Å². The van der Waals surface area contributed by atoms with Crippen molar-refractivity contribution in [3.8, 4) is 0 Å². The molecule has 4 nitrogen and oxygen atoms in total. The van der Waals surface area contributed by atoms with Gasteiger partial charge in [-0.15, -0.1) is 0 Å². The van der Waals surface area contributed by atoms with Crippen molar-refractivity contribution in [3.63, 3.8) is 0 Å². The van der Waals surface area contributed by atoms with Gasteiger partial charge >= 0.3 is 12.4 Å². The maximum atomic E-state index is 14.4. The Labute approximate surface area is 238 Å². The molecule has 0 N–H and O–H groups in total. The van der Waals surface area contributed by atoms with E-state index in [2.05, 4.69) is 4.40 Å². The average molecular weight is 627 g/mol. The molecule has 3 aliphatic heterocycles. The summed E-state index contributed by atoms with van der Waals surface area (Å²) in [5.41, 5.74) is -1.72. The monoisotopic (exact) mass is 626 g/mol. The molecule has 0 aromatic heterocycles. The van der Waals surface area contributed by atoms with Gasteiger partial charge in [-0.3, -0.25) is 4.79 Å². The summed E-state index contributed by atoms with van der Waals surface area (Å²) in [5.74, 6) is -1.95. The Hall–Kier alpha value is -2.02. The van der Waals surface area contributed by atoms with Crippen LogP contribution in [-0.4, -0.2) is 42.0 Å². The molecule has 6 rings (SSSR count). The van der Waals surface area contributed by atoms with E-state index in [0.717, 1.165) is 12.1 Å². The maximum absolute atomic E-state index is 14.4. The number of likely N-dealkylation sites (tertiary alicyclic amines) is 1. The molecule has 40 heavy (non-hydrogen) atoms. The van der Waals surface area contributed by atoms with Crippen LogP contribution in [0.1, 0.15) is 47.9 Å². The van der Waals surface area contributed by atoms with Crippen molar-refractivity contribution in [2.24, 2.45) is 9.81 Å². The second-order valence-electron chi connectivity index (χ2n) is 10.6. The number of ether oxygens (including phenoxy) is 1. The van der Waals surface area contributed by atoms with Crippen LogP contribution < -0.4 is 0 Å². The van der Waals surface area contributed by atoms with E-state index >= 15 is 0 Å². The Morgan fingerprint density at radius 3 is 2.20 bits per heavy atom. The van der Waals surface area contributed by atoms with Gasteiger partial charge in [0.2, 0.25) is 5.91 Å². The van der Waals surface area contributed by atoms with E-state index < -0.39 is 56.3 Å². The summed E-state index contributed by atoms with van der Waals surface area (Å²) in [5, 5.41) is -1.07. The van der Waals surface area contributed by atoms with Gasteiger partial charge in [0.25, 0.3) is 0 Å². The van der Waals surface area contributed by atoms with Gasteiger partial charge in [0.05, 0.1) is 35.5 Å². The average Bonchev–Trinajstić information content (AvgIpc) is 3.42. The first kappa shape index (κ1) is 28.1. The molecular formula is C26H19Cl2F7N2O2S. The van der Waals surface area contributed by atoms with Crippen molar-refractivity contribution in [1.29, 1.82) is 0 Å². The molecule has 2 aromatic rings. The summed E-state index contributed by atoms with van der Waals surface area (Å²) in [7, 11) is 0. The quantitative estimate of drug-likeness (QED) is 0.199. The molecular weight excluding hydrogens is 608 g/mol. The number of alkyl halides is 6. The summed E-state index contributed by atoms with van der Waals surface area (Å²) >= 11 is 11.9. The van der Waals surface area contributed by atoms with E-state index in [4.69, 9.17) is 27.9 Å². The number of hydrogen-bond donors (Lipinski definition) is 0. The first-order valence-corrected chi connectivity index (χ1v) is 13.8. The van der Waals surface area contributed by atoms with Gasteiger partial charge in [0.1, 0.15) is 11.0 Å². The van der Waals surface area contributed by atoms with Crippen LogP contribution in [0, 0.1) is 11.2 Å². The summed E-state index contributed by atoms with van der Waals surface area (Å²) in [6.45, 7) is 0.0236. The minimum absolute atomic E-state index is 0.0317. The number of hydrogen-bond acceptors (Lipinski definition) is 4. The van der Waals surface area contributed by atoms with Gasteiger partial charge in [0.15, 0.2) is 10.6 Å². The normalized spacial score (nSPS) is 24.9. The van der Waals surface area contributed by atoms with E-state index in [0.29, 0.717) is 35.1 Å². The van der Waals surface area contributed by atoms with Crippen LogP contribution >= 0.6 is 35.1 Å². The minimum Gasteiger partial charge on any atom is -0.362 e. The summed E-state index contributed by atoms with van der Waals surface area (Å²) in [6, 6.07) is 6.69. The van der Waals surface area contributed by atoms with Gasteiger partial charge in [-0.2, -0.15) is 26.3 Å². The fourth-order valence-electron chi connectivity index (χ4n) is 5.91. The lowest BCUT2D eigenvalue weighted by Crippen LogP contribution is -2.67. The molecule has 3 heterocycles. The molecule has 214 valence electrons. The third kappa shape index (κ3) is 3.92. The lowest BCUT2D eigenvalue weighted by molar-refractivity contribution is -0.256. The van der Waals surface area contributed by atoms with Crippen molar-refractivity contribution in [1.82, 2.24) is 4.90 Å². The lowest BCUT2D eigenvalue weighted by atomic mass is 9.66.